The van der Waals surface area contributed by atoms with Gasteiger partial charge in [-0.3, -0.25) is 4.79 Å². The number of urea groups is 1. The Labute approximate surface area is 182 Å². The fourth-order valence-electron chi connectivity index (χ4n) is 3.13. The van der Waals surface area contributed by atoms with E-state index in [4.69, 9.17) is 5.26 Å². The zero-order valence-corrected chi connectivity index (χ0v) is 16.7. The van der Waals surface area contributed by atoms with E-state index in [1.165, 1.54) is 0 Å². The number of carbonyl (C=O) groups excluding carboxylic acids is 2. The predicted molar refractivity (Wildman–Crippen MR) is 114 cm³/mol. The van der Waals surface area contributed by atoms with Crippen molar-refractivity contribution in [2.45, 2.75) is 18.6 Å². The lowest BCUT2D eigenvalue weighted by Gasteiger charge is -2.19. The van der Waals surface area contributed by atoms with E-state index in [2.05, 4.69) is 16.0 Å². The number of amides is 3. The van der Waals surface area contributed by atoms with Gasteiger partial charge in [0.15, 0.2) is 0 Å². The molecule has 0 bridgehead atoms. The number of nitrogens with one attached hydrogen (secondary N) is 3. The molecule has 0 aliphatic heterocycles. The molecule has 3 rings (SSSR count). The Morgan fingerprint density at radius 3 is 2.31 bits per heavy atom. The van der Waals surface area contributed by atoms with E-state index in [0.717, 1.165) is 40.6 Å². The molecule has 1 unspecified atom stereocenters. The first kappa shape index (κ1) is 22.6. The van der Waals surface area contributed by atoms with Gasteiger partial charge in [-0.05, 0) is 40.6 Å². The quantitative estimate of drug-likeness (QED) is 0.501. The van der Waals surface area contributed by atoms with Crippen LogP contribution in [0.3, 0.4) is 0 Å². The van der Waals surface area contributed by atoms with Crippen LogP contribution in [-0.4, -0.2) is 24.5 Å². The lowest BCUT2D eigenvalue weighted by molar-refractivity contribution is -0.137. The third kappa shape index (κ3) is 5.98. The first-order chi connectivity index (χ1) is 15.3. The summed E-state index contributed by atoms with van der Waals surface area (Å²) in [5, 5.41) is 18.1. The summed E-state index contributed by atoms with van der Waals surface area (Å²) < 4.78 is 38.0. The van der Waals surface area contributed by atoms with Gasteiger partial charge in [0.2, 0.25) is 5.91 Å². The molecule has 0 aliphatic carbocycles. The van der Waals surface area contributed by atoms with Crippen molar-refractivity contribution in [1.82, 2.24) is 10.6 Å². The van der Waals surface area contributed by atoms with Crippen molar-refractivity contribution in [2.75, 3.05) is 11.9 Å². The van der Waals surface area contributed by atoms with Crippen molar-refractivity contribution in [2.24, 2.45) is 0 Å². The molecule has 0 spiro atoms. The van der Waals surface area contributed by atoms with Crippen LogP contribution in [-0.2, 0) is 17.4 Å². The van der Waals surface area contributed by atoms with E-state index in [9.17, 15) is 22.8 Å². The maximum absolute atomic E-state index is 12.7. The number of fused-ring (bicyclic) bond motifs is 1. The molecule has 0 fully saturated rings. The van der Waals surface area contributed by atoms with Gasteiger partial charge in [0.05, 0.1) is 11.6 Å². The van der Waals surface area contributed by atoms with E-state index >= 15 is 0 Å². The molecule has 3 aromatic carbocycles. The Balaban J connectivity index is 1.72. The van der Waals surface area contributed by atoms with Gasteiger partial charge >= 0.3 is 12.2 Å². The third-order valence-corrected chi connectivity index (χ3v) is 4.69. The van der Waals surface area contributed by atoms with Crippen LogP contribution in [0.25, 0.3) is 10.8 Å². The fourth-order valence-corrected chi connectivity index (χ4v) is 3.13. The highest BCUT2D eigenvalue weighted by atomic mass is 19.4. The maximum Gasteiger partial charge on any atom is 0.416 e. The standard InChI is InChI=1S/C23H19F3N4O2/c24-23(25,26)18-7-9-19(10-8-18)29-22(32)30-20(21(31)28-12-11-27)14-15-5-6-16-3-1-2-4-17(16)13-15/h1-10,13,20H,12,14H2,(H,28,31)(H2,29,30,32). The molecule has 6 nitrogen and oxygen atoms in total. The van der Waals surface area contributed by atoms with Crippen molar-refractivity contribution < 1.29 is 22.8 Å². The molecule has 0 aromatic heterocycles. The fraction of sp³-hybridized carbons (Fsp3) is 0.174. The summed E-state index contributed by atoms with van der Waals surface area (Å²) in [6.07, 6.45) is -4.33. The first-order valence-electron chi connectivity index (χ1n) is 9.63. The second kappa shape index (κ2) is 9.83. The molecular formula is C23H19F3N4O2. The molecule has 0 saturated carbocycles. The average Bonchev–Trinajstić information content (AvgIpc) is 2.76. The molecule has 3 aromatic rings. The number of benzene rings is 3. The van der Waals surface area contributed by atoms with Crippen LogP contribution in [0, 0.1) is 11.3 Å². The zero-order chi connectivity index (χ0) is 23.1. The third-order valence-electron chi connectivity index (χ3n) is 4.69. The molecule has 0 aliphatic rings. The molecular weight excluding hydrogens is 421 g/mol. The molecule has 3 amide bonds. The normalized spacial score (nSPS) is 11.9. The molecule has 9 heteroatoms. The summed E-state index contributed by atoms with van der Waals surface area (Å²) >= 11 is 0. The van der Waals surface area contributed by atoms with Gasteiger partial charge in [-0.2, -0.15) is 18.4 Å². The van der Waals surface area contributed by atoms with Gasteiger partial charge in [-0.1, -0.05) is 42.5 Å². The van der Waals surface area contributed by atoms with Crippen LogP contribution >= 0.6 is 0 Å². The summed E-state index contributed by atoms with van der Waals surface area (Å²) in [4.78, 5) is 24.9. The highest BCUT2D eigenvalue weighted by Crippen LogP contribution is 2.29. The zero-order valence-electron chi connectivity index (χ0n) is 16.7. The first-order valence-corrected chi connectivity index (χ1v) is 9.63. The number of nitrogens with zero attached hydrogens (tertiary/aromatic N) is 1. The Bertz CT molecular complexity index is 1150. The van der Waals surface area contributed by atoms with Gasteiger partial charge in [-0.25, -0.2) is 4.79 Å². The van der Waals surface area contributed by atoms with Gasteiger partial charge in [0, 0.05) is 12.1 Å². The number of rotatable bonds is 6. The average molecular weight is 440 g/mol. The number of carbonyl (C=O) groups is 2. The summed E-state index contributed by atoms with van der Waals surface area (Å²) in [6, 6.07) is 17.3. The summed E-state index contributed by atoms with van der Waals surface area (Å²) in [7, 11) is 0. The number of hydrogen-bond acceptors (Lipinski definition) is 3. The minimum atomic E-state index is -4.48. The lowest BCUT2D eigenvalue weighted by Crippen LogP contribution is -2.49. The van der Waals surface area contributed by atoms with Gasteiger partial charge in [0.1, 0.15) is 12.6 Å². The number of halogens is 3. The van der Waals surface area contributed by atoms with E-state index in [0.29, 0.717) is 0 Å². The second-order valence-electron chi connectivity index (χ2n) is 6.99. The maximum atomic E-state index is 12.7. The second-order valence-corrected chi connectivity index (χ2v) is 6.99. The molecule has 164 valence electrons. The summed E-state index contributed by atoms with van der Waals surface area (Å²) in [5.41, 5.74) is 0.0848. The Morgan fingerprint density at radius 1 is 0.969 bits per heavy atom. The Hall–Kier alpha value is -4.06. The molecule has 0 heterocycles. The number of alkyl halides is 3. The molecule has 1 atom stereocenters. The van der Waals surface area contributed by atoms with Crippen LogP contribution in [0.4, 0.5) is 23.7 Å². The number of hydrogen-bond donors (Lipinski definition) is 3. The van der Waals surface area contributed by atoms with Crippen LogP contribution in [0.1, 0.15) is 11.1 Å². The number of nitriles is 1. The minimum absolute atomic E-state index is 0.136. The van der Waals surface area contributed by atoms with Gasteiger partial charge in [0.25, 0.3) is 0 Å². The van der Waals surface area contributed by atoms with E-state index in [1.54, 1.807) is 6.07 Å². The smallest absolute Gasteiger partial charge is 0.341 e. The van der Waals surface area contributed by atoms with Crippen molar-refractivity contribution in [1.29, 1.82) is 5.26 Å². The van der Waals surface area contributed by atoms with Crippen LogP contribution in [0.2, 0.25) is 0 Å². The monoisotopic (exact) mass is 440 g/mol. The molecule has 32 heavy (non-hydrogen) atoms. The molecule has 3 N–H and O–H groups in total. The lowest BCUT2D eigenvalue weighted by atomic mass is 10.0. The van der Waals surface area contributed by atoms with Crippen molar-refractivity contribution in [3.8, 4) is 6.07 Å². The predicted octanol–water partition coefficient (Wildman–Crippen LogP) is 4.23. The highest BCUT2D eigenvalue weighted by Gasteiger charge is 2.30. The highest BCUT2D eigenvalue weighted by molar-refractivity contribution is 5.94. The van der Waals surface area contributed by atoms with Gasteiger partial charge in [-0.15, -0.1) is 0 Å². The molecule has 0 saturated heterocycles. The van der Waals surface area contributed by atoms with Crippen molar-refractivity contribution in [3.05, 3.63) is 77.9 Å². The topological polar surface area (TPSA) is 94.0 Å². The van der Waals surface area contributed by atoms with E-state index in [-0.39, 0.29) is 18.7 Å². The summed E-state index contributed by atoms with van der Waals surface area (Å²) in [6.45, 7) is -0.227. The van der Waals surface area contributed by atoms with E-state index < -0.39 is 29.7 Å². The van der Waals surface area contributed by atoms with Crippen molar-refractivity contribution >= 4 is 28.4 Å². The van der Waals surface area contributed by atoms with Crippen molar-refractivity contribution in [3.63, 3.8) is 0 Å². The summed E-state index contributed by atoms with van der Waals surface area (Å²) in [5.74, 6) is -0.553. The van der Waals surface area contributed by atoms with Crippen LogP contribution < -0.4 is 16.0 Å². The molecule has 0 radical (unpaired) electrons. The Kier molecular flexibility index (Phi) is 6.95. The number of anilines is 1. The van der Waals surface area contributed by atoms with Crippen LogP contribution in [0.15, 0.2) is 66.7 Å². The van der Waals surface area contributed by atoms with E-state index in [1.807, 2.05) is 42.5 Å². The minimum Gasteiger partial charge on any atom is -0.341 e. The van der Waals surface area contributed by atoms with Gasteiger partial charge < -0.3 is 16.0 Å². The van der Waals surface area contributed by atoms with Crippen LogP contribution in [0.5, 0.6) is 0 Å². The largest absolute Gasteiger partial charge is 0.416 e. The SMILES string of the molecule is N#CCNC(=O)C(Cc1ccc2ccccc2c1)NC(=O)Nc1ccc(C(F)(F)F)cc1. The Morgan fingerprint density at radius 2 is 1.66 bits per heavy atom.